The Morgan fingerprint density at radius 2 is 1.88 bits per heavy atom. The van der Waals surface area contributed by atoms with E-state index in [0.29, 0.717) is 17.8 Å². The summed E-state index contributed by atoms with van der Waals surface area (Å²) in [6.07, 6.45) is 0.478. The minimum Gasteiger partial charge on any atom is -0.351 e. The Morgan fingerprint density at radius 1 is 1.04 bits per heavy atom. The van der Waals surface area contributed by atoms with Gasteiger partial charge in [-0.25, -0.2) is 0 Å². The Labute approximate surface area is 159 Å². The van der Waals surface area contributed by atoms with Crippen LogP contribution in [0.4, 0.5) is 0 Å². The zero-order valence-electron chi connectivity index (χ0n) is 13.4. The van der Waals surface area contributed by atoms with Gasteiger partial charge in [-0.2, -0.15) is 11.3 Å². The fourth-order valence-electron chi connectivity index (χ4n) is 2.18. The van der Waals surface area contributed by atoms with E-state index in [-0.39, 0.29) is 11.7 Å². The summed E-state index contributed by atoms with van der Waals surface area (Å²) in [6, 6.07) is 15.6. The van der Waals surface area contributed by atoms with Gasteiger partial charge in [0.15, 0.2) is 0 Å². The van der Waals surface area contributed by atoms with Crippen LogP contribution < -0.4 is 5.32 Å². The molecule has 3 nitrogen and oxygen atoms in total. The zero-order valence-corrected chi connectivity index (χ0v) is 15.9. The highest BCUT2D eigenvalue weighted by Gasteiger charge is 2.12. The van der Waals surface area contributed by atoms with Crippen molar-refractivity contribution >= 4 is 46.1 Å². The molecule has 1 N–H and O–H groups in total. The SMILES string of the molecule is O=C(CCSc1ccccc1)NCc1ccc(C(=O)c2ccsc2)s1. The molecule has 0 aliphatic carbocycles. The molecule has 0 bridgehead atoms. The number of hydrogen-bond donors (Lipinski definition) is 1. The van der Waals surface area contributed by atoms with E-state index >= 15 is 0 Å². The van der Waals surface area contributed by atoms with Crippen molar-refractivity contribution in [1.82, 2.24) is 5.32 Å². The fourth-order valence-corrected chi connectivity index (χ4v) is 4.60. The quantitative estimate of drug-likeness (QED) is 0.444. The number of ketones is 1. The van der Waals surface area contributed by atoms with Crippen LogP contribution in [0.25, 0.3) is 0 Å². The number of thioether (sulfide) groups is 1. The van der Waals surface area contributed by atoms with Gasteiger partial charge in [0.2, 0.25) is 11.7 Å². The lowest BCUT2D eigenvalue weighted by atomic mass is 10.2. The summed E-state index contributed by atoms with van der Waals surface area (Å²) < 4.78 is 0. The molecule has 0 saturated heterocycles. The van der Waals surface area contributed by atoms with Gasteiger partial charge in [0, 0.05) is 32.9 Å². The summed E-state index contributed by atoms with van der Waals surface area (Å²) in [5.41, 5.74) is 0.723. The minimum atomic E-state index is 0.0301. The van der Waals surface area contributed by atoms with Crippen molar-refractivity contribution in [2.75, 3.05) is 5.75 Å². The number of carbonyl (C=O) groups excluding carboxylic acids is 2. The number of rotatable bonds is 8. The zero-order chi connectivity index (χ0) is 17.5. The molecule has 2 aromatic heterocycles. The van der Waals surface area contributed by atoms with E-state index in [1.54, 1.807) is 11.8 Å². The number of benzene rings is 1. The molecule has 0 fully saturated rings. The van der Waals surface area contributed by atoms with E-state index in [0.717, 1.165) is 16.2 Å². The maximum absolute atomic E-state index is 12.3. The van der Waals surface area contributed by atoms with Crippen LogP contribution in [0.1, 0.15) is 26.5 Å². The lowest BCUT2D eigenvalue weighted by Gasteiger charge is -2.04. The van der Waals surface area contributed by atoms with Crippen molar-refractivity contribution in [2.45, 2.75) is 17.9 Å². The Bertz CT molecular complexity index is 825. The summed E-state index contributed by atoms with van der Waals surface area (Å²) in [4.78, 5) is 27.1. The van der Waals surface area contributed by atoms with Crippen LogP contribution in [0.2, 0.25) is 0 Å². The molecule has 0 atom stereocenters. The van der Waals surface area contributed by atoms with Gasteiger partial charge in [-0.3, -0.25) is 9.59 Å². The molecule has 25 heavy (non-hydrogen) atoms. The molecule has 3 rings (SSSR count). The first-order valence-corrected chi connectivity index (χ1v) is 10.6. The van der Waals surface area contributed by atoms with E-state index in [2.05, 4.69) is 5.32 Å². The molecule has 0 saturated carbocycles. The molecule has 1 aromatic carbocycles. The second kappa shape index (κ2) is 8.99. The van der Waals surface area contributed by atoms with Crippen LogP contribution in [-0.4, -0.2) is 17.4 Å². The van der Waals surface area contributed by atoms with E-state index < -0.39 is 0 Å². The number of amides is 1. The van der Waals surface area contributed by atoms with Crippen molar-refractivity contribution in [3.63, 3.8) is 0 Å². The third kappa shape index (κ3) is 5.29. The first-order valence-electron chi connectivity index (χ1n) is 7.82. The van der Waals surface area contributed by atoms with Crippen LogP contribution in [0.3, 0.4) is 0 Å². The molecule has 0 radical (unpaired) electrons. The average Bonchev–Trinajstić information content (AvgIpc) is 3.32. The third-order valence-electron chi connectivity index (χ3n) is 3.47. The van der Waals surface area contributed by atoms with Gasteiger partial charge in [0.1, 0.15) is 0 Å². The van der Waals surface area contributed by atoms with E-state index in [1.165, 1.54) is 27.6 Å². The van der Waals surface area contributed by atoms with Crippen molar-refractivity contribution in [3.8, 4) is 0 Å². The largest absolute Gasteiger partial charge is 0.351 e. The fraction of sp³-hybridized carbons (Fsp3) is 0.158. The van der Waals surface area contributed by atoms with Crippen molar-refractivity contribution in [2.24, 2.45) is 0 Å². The number of carbonyl (C=O) groups is 2. The van der Waals surface area contributed by atoms with Gasteiger partial charge >= 0.3 is 0 Å². The molecule has 0 aliphatic heterocycles. The maximum atomic E-state index is 12.3. The van der Waals surface area contributed by atoms with Gasteiger partial charge in [-0.05, 0) is 35.7 Å². The normalized spacial score (nSPS) is 10.6. The number of hydrogen-bond acceptors (Lipinski definition) is 5. The molecule has 6 heteroatoms. The molecule has 3 aromatic rings. The van der Waals surface area contributed by atoms with Gasteiger partial charge < -0.3 is 5.32 Å². The molecule has 128 valence electrons. The minimum absolute atomic E-state index is 0.0301. The van der Waals surface area contributed by atoms with Gasteiger partial charge in [-0.1, -0.05) is 18.2 Å². The topological polar surface area (TPSA) is 46.2 Å². The van der Waals surface area contributed by atoms with Crippen molar-refractivity contribution in [3.05, 3.63) is 74.6 Å². The lowest BCUT2D eigenvalue weighted by molar-refractivity contribution is -0.120. The monoisotopic (exact) mass is 387 g/mol. The van der Waals surface area contributed by atoms with E-state index in [4.69, 9.17) is 0 Å². The van der Waals surface area contributed by atoms with Crippen molar-refractivity contribution in [1.29, 1.82) is 0 Å². The standard InChI is InChI=1S/C19H17NO2S3/c21-18(9-11-24-15-4-2-1-3-5-15)20-12-16-6-7-17(25-16)19(22)14-8-10-23-13-14/h1-8,10,13H,9,11-12H2,(H,20,21). The van der Waals surface area contributed by atoms with Gasteiger partial charge in [0.25, 0.3) is 0 Å². The number of nitrogens with one attached hydrogen (secondary N) is 1. The highest BCUT2D eigenvalue weighted by Crippen LogP contribution is 2.21. The van der Waals surface area contributed by atoms with Gasteiger partial charge in [-0.15, -0.1) is 23.1 Å². The molecule has 1 amide bonds. The Kier molecular flexibility index (Phi) is 6.44. The molecular formula is C19H17NO2S3. The summed E-state index contributed by atoms with van der Waals surface area (Å²) in [6.45, 7) is 0.469. The molecular weight excluding hydrogens is 370 g/mol. The van der Waals surface area contributed by atoms with Crippen LogP contribution in [0.5, 0.6) is 0 Å². The molecule has 0 aliphatic rings. The van der Waals surface area contributed by atoms with Crippen molar-refractivity contribution < 1.29 is 9.59 Å². The van der Waals surface area contributed by atoms with Crippen LogP contribution in [0, 0.1) is 0 Å². The lowest BCUT2D eigenvalue weighted by Crippen LogP contribution is -2.22. The summed E-state index contributed by atoms with van der Waals surface area (Å²) in [5, 5.41) is 6.67. The molecule has 0 spiro atoms. The second-order valence-corrected chi connectivity index (χ2v) is 8.41. The predicted octanol–water partition coefficient (Wildman–Crippen LogP) is 4.84. The smallest absolute Gasteiger partial charge is 0.221 e. The Hall–Kier alpha value is -1.89. The Balaban J connectivity index is 1.42. The maximum Gasteiger partial charge on any atom is 0.221 e. The highest BCUT2D eigenvalue weighted by atomic mass is 32.2. The number of thiophene rings is 2. The average molecular weight is 388 g/mol. The summed E-state index contributed by atoms with van der Waals surface area (Å²) >= 11 is 4.63. The van der Waals surface area contributed by atoms with Gasteiger partial charge in [0.05, 0.1) is 11.4 Å². The highest BCUT2D eigenvalue weighted by molar-refractivity contribution is 7.99. The molecule has 0 unspecified atom stereocenters. The first-order chi connectivity index (χ1) is 12.2. The first kappa shape index (κ1) is 17.9. The predicted molar refractivity (Wildman–Crippen MR) is 106 cm³/mol. The van der Waals surface area contributed by atoms with E-state index in [1.807, 2.05) is 59.3 Å². The molecule has 2 heterocycles. The van der Waals surface area contributed by atoms with Crippen LogP contribution in [0.15, 0.2) is 64.2 Å². The van der Waals surface area contributed by atoms with Crippen LogP contribution in [-0.2, 0) is 11.3 Å². The summed E-state index contributed by atoms with van der Waals surface area (Å²) in [5.74, 6) is 0.827. The summed E-state index contributed by atoms with van der Waals surface area (Å²) in [7, 11) is 0. The van der Waals surface area contributed by atoms with E-state index in [9.17, 15) is 9.59 Å². The third-order valence-corrected chi connectivity index (χ3v) is 6.25. The van der Waals surface area contributed by atoms with Crippen LogP contribution >= 0.6 is 34.4 Å². The Morgan fingerprint density at radius 3 is 2.64 bits per heavy atom. The second-order valence-electron chi connectivity index (χ2n) is 5.30.